The van der Waals surface area contributed by atoms with Crippen LogP contribution in [-0.2, 0) is 5.54 Å². The lowest BCUT2D eigenvalue weighted by Crippen LogP contribution is -2.38. The van der Waals surface area contributed by atoms with Crippen LogP contribution in [0, 0.1) is 0 Å². The van der Waals surface area contributed by atoms with E-state index < -0.39 is 5.91 Å². The maximum absolute atomic E-state index is 11.3. The van der Waals surface area contributed by atoms with Crippen LogP contribution < -0.4 is 10.8 Å². The molecule has 1 heterocycles. The molecule has 0 atom stereocenters. The van der Waals surface area contributed by atoms with Crippen molar-refractivity contribution in [3.8, 4) is 0 Å². The van der Waals surface area contributed by atoms with Gasteiger partial charge in [-0.2, -0.15) is 0 Å². The van der Waals surface area contributed by atoms with Gasteiger partial charge in [-0.1, -0.05) is 77.3 Å². The number of rotatable bonds is 4. The molecule has 148 valence electrons. The highest BCUT2D eigenvalue weighted by Gasteiger charge is 2.34. The predicted molar refractivity (Wildman–Crippen MR) is 109 cm³/mol. The fraction of sp³-hybridized carbons (Fsp3) is 0.476. The lowest BCUT2D eigenvalue weighted by Gasteiger charge is -2.38. The van der Waals surface area contributed by atoms with Crippen LogP contribution in [0.3, 0.4) is 0 Å². The molecule has 1 amide bonds. The van der Waals surface area contributed by atoms with Gasteiger partial charge in [-0.05, 0) is 18.4 Å². The van der Waals surface area contributed by atoms with Gasteiger partial charge in [0.2, 0.25) is 5.95 Å². The van der Waals surface area contributed by atoms with E-state index in [4.69, 9.17) is 5.21 Å². The Labute approximate surface area is 162 Å². The van der Waals surface area contributed by atoms with E-state index in [0.29, 0.717) is 5.95 Å². The van der Waals surface area contributed by atoms with Crippen molar-refractivity contribution in [1.82, 2.24) is 15.4 Å². The highest BCUT2D eigenvalue weighted by Crippen LogP contribution is 2.39. The topological polar surface area (TPSA) is 87.1 Å². The first-order valence-electron chi connectivity index (χ1n) is 9.84. The summed E-state index contributed by atoms with van der Waals surface area (Å²) < 4.78 is 0. The molecule has 3 N–H and O–H groups in total. The van der Waals surface area contributed by atoms with Crippen LogP contribution in [0.2, 0.25) is 0 Å². The molecule has 0 saturated heterocycles. The predicted octanol–water partition coefficient (Wildman–Crippen LogP) is 4.92. The Hall–Kier alpha value is -2.47. The van der Waals surface area contributed by atoms with Crippen LogP contribution in [0.4, 0.5) is 5.95 Å². The second-order valence-electron chi connectivity index (χ2n) is 5.87. The Morgan fingerprint density at radius 1 is 0.963 bits per heavy atom. The number of hydrogen-bond donors (Lipinski definition) is 3. The molecule has 1 aliphatic carbocycles. The van der Waals surface area contributed by atoms with Crippen LogP contribution in [0.15, 0.2) is 42.7 Å². The molecule has 3 rings (SSSR count). The zero-order valence-corrected chi connectivity index (χ0v) is 16.8. The van der Waals surface area contributed by atoms with Crippen LogP contribution in [0.5, 0.6) is 0 Å². The normalized spacial score (nSPS) is 14.6. The molecule has 1 aliphatic rings. The van der Waals surface area contributed by atoms with Crippen molar-refractivity contribution >= 4 is 11.9 Å². The van der Waals surface area contributed by atoms with Gasteiger partial charge in [0.1, 0.15) is 0 Å². The quantitative estimate of drug-likeness (QED) is 0.524. The fourth-order valence-electron chi connectivity index (χ4n) is 3.19. The second-order valence-corrected chi connectivity index (χ2v) is 5.87. The standard InChI is InChI=1S/C17H20N4O2.2C2H6/c22-15(21-23)13-11-18-16(19-12-13)20-17(9-5-2-6-10-17)14-7-3-1-4-8-14;2*1-2/h1,3-4,7-8,11-12,23H,2,5-6,9-10H2,(H,21,22)(H,18,19,20);2*1-2H3. The van der Waals surface area contributed by atoms with Crippen LogP contribution in [0.1, 0.15) is 75.7 Å². The summed E-state index contributed by atoms with van der Waals surface area (Å²) in [5.41, 5.74) is 2.86. The zero-order chi connectivity index (χ0) is 20.1. The van der Waals surface area contributed by atoms with Crippen LogP contribution in [-0.4, -0.2) is 21.1 Å². The number of anilines is 1. The van der Waals surface area contributed by atoms with Crippen LogP contribution >= 0.6 is 0 Å². The number of nitrogens with zero attached hydrogens (tertiary/aromatic N) is 2. The first-order chi connectivity index (χ1) is 13.2. The van der Waals surface area contributed by atoms with Crippen molar-refractivity contribution in [3.05, 3.63) is 53.9 Å². The van der Waals surface area contributed by atoms with Gasteiger partial charge >= 0.3 is 0 Å². The number of nitrogens with one attached hydrogen (secondary N) is 2. The number of hydroxylamine groups is 1. The molecule has 6 nitrogen and oxygen atoms in total. The van der Waals surface area contributed by atoms with Crippen LogP contribution in [0.25, 0.3) is 0 Å². The third-order valence-electron chi connectivity index (χ3n) is 4.40. The maximum Gasteiger partial charge on any atom is 0.277 e. The van der Waals surface area contributed by atoms with Gasteiger partial charge in [0.25, 0.3) is 5.91 Å². The molecule has 0 radical (unpaired) electrons. The van der Waals surface area contributed by atoms with Gasteiger partial charge in [-0.25, -0.2) is 15.4 Å². The molecule has 6 heteroatoms. The lowest BCUT2D eigenvalue weighted by molar-refractivity contribution is 0.0705. The summed E-state index contributed by atoms with van der Waals surface area (Å²) in [6.45, 7) is 8.00. The van der Waals surface area contributed by atoms with E-state index in [2.05, 4.69) is 27.4 Å². The van der Waals surface area contributed by atoms with Crippen molar-refractivity contribution in [2.24, 2.45) is 0 Å². The molecule has 1 saturated carbocycles. The van der Waals surface area contributed by atoms with Gasteiger partial charge in [0.05, 0.1) is 11.1 Å². The molecule has 1 fully saturated rings. The minimum atomic E-state index is -0.619. The second kappa shape index (κ2) is 12.0. The van der Waals surface area contributed by atoms with Gasteiger partial charge < -0.3 is 5.32 Å². The summed E-state index contributed by atoms with van der Waals surface area (Å²) in [6.07, 6.45) is 8.43. The minimum Gasteiger partial charge on any atom is -0.345 e. The van der Waals surface area contributed by atoms with Crippen molar-refractivity contribution in [2.75, 3.05) is 5.32 Å². The van der Waals surface area contributed by atoms with Gasteiger partial charge in [-0.3, -0.25) is 10.0 Å². The van der Waals surface area contributed by atoms with Crippen molar-refractivity contribution in [1.29, 1.82) is 0 Å². The van der Waals surface area contributed by atoms with E-state index in [0.717, 1.165) is 25.7 Å². The third kappa shape index (κ3) is 6.03. The number of hydrogen-bond acceptors (Lipinski definition) is 5. The van der Waals surface area contributed by atoms with E-state index in [1.54, 1.807) is 5.48 Å². The van der Waals surface area contributed by atoms with Crippen molar-refractivity contribution < 1.29 is 10.0 Å². The van der Waals surface area contributed by atoms with E-state index in [1.807, 2.05) is 45.9 Å². The Balaban J connectivity index is 0.000000855. The average Bonchev–Trinajstić information content (AvgIpc) is 2.78. The number of amides is 1. The molecule has 27 heavy (non-hydrogen) atoms. The Bertz CT molecular complexity index is 654. The van der Waals surface area contributed by atoms with E-state index in [1.165, 1.54) is 24.4 Å². The summed E-state index contributed by atoms with van der Waals surface area (Å²) in [5.74, 6) is -0.128. The third-order valence-corrected chi connectivity index (χ3v) is 4.40. The summed E-state index contributed by atoms with van der Waals surface area (Å²) in [6, 6.07) is 10.4. The Morgan fingerprint density at radius 3 is 2.04 bits per heavy atom. The monoisotopic (exact) mass is 372 g/mol. The van der Waals surface area contributed by atoms with Crippen molar-refractivity contribution in [2.45, 2.75) is 65.3 Å². The molecular weight excluding hydrogens is 340 g/mol. The molecule has 1 aromatic carbocycles. The SMILES string of the molecule is CC.CC.O=C(NO)c1cnc(NC2(c3ccccc3)CCCCC2)nc1. The fourth-order valence-corrected chi connectivity index (χ4v) is 3.19. The summed E-state index contributed by atoms with van der Waals surface area (Å²) >= 11 is 0. The van der Waals surface area contributed by atoms with Crippen molar-refractivity contribution in [3.63, 3.8) is 0 Å². The smallest absolute Gasteiger partial charge is 0.277 e. The molecule has 0 bridgehead atoms. The van der Waals surface area contributed by atoms with E-state index >= 15 is 0 Å². The first kappa shape index (κ1) is 22.6. The molecule has 1 aromatic heterocycles. The van der Waals surface area contributed by atoms with Gasteiger partial charge in [-0.15, -0.1) is 0 Å². The van der Waals surface area contributed by atoms with E-state index in [-0.39, 0.29) is 11.1 Å². The summed E-state index contributed by atoms with van der Waals surface area (Å²) in [5, 5.41) is 12.1. The average molecular weight is 373 g/mol. The largest absolute Gasteiger partial charge is 0.345 e. The summed E-state index contributed by atoms with van der Waals surface area (Å²) in [4.78, 5) is 19.8. The first-order valence-corrected chi connectivity index (χ1v) is 9.84. The molecule has 2 aromatic rings. The molecule has 0 unspecified atom stereocenters. The van der Waals surface area contributed by atoms with E-state index in [9.17, 15) is 4.79 Å². The number of carbonyl (C=O) groups is 1. The zero-order valence-electron chi connectivity index (χ0n) is 16.8. The number of benzene rings is 1. The Kier molecular flexibility index (Phi) is 10.0. The molecular formula is C21H32N4O2. The summed E-state index contributed by atoms with van der Waals surface area (Å²) in [7, 11) is 0. The molecule has 0 aliphatic heterocycles. The number of aromatic nitrogens is 2. The van der Waals surface area contributed by atoms with Gasteiger partial charge in [0, 0.05) is 12.4 Å². The highest BCUT2D eigenvalue weighted by molar-refractivity contribution is 5.92. The minimum absolute atomic E-state index is 0.166. The molecule has 0 spiro atoms. The highest BCUT2D eigenvalue weighted by atomic mass is 16.5. The lowest BCUT2D eigenvalue weighted by atomic mass is 9.76. The Morgan fingerprint density at radius 2 is 1.52 bits per heavy atom. The maximum atomic E-state index is 11.3. The van der Waals surface area contributed by atoms with Gasteiger partial charge in [0.15, 0.2) is 0 Å². The number of carbonyl (C=O) groups excluding carboxylic acids is 1.